The second-order valence-corrected chi connectivity index (χ2v) is 4.89. The third kappa shape index (κ3) is 3.32. The van der Waals surface area contributed by atoms with Gasteiger partial charge in [0.25, 0.3) is 0 Å². The lowest BCUT2D eigenvalue weighted by Crippen LogP contribution is -2.29. The van der Waals surface area contributed by atoms with Crippen molar-refractivity contribution < 1.29 is 9.47 Å². The highest BCUT2D eigenvalue weighted by molar-refractivity contribution is 5.46. The van der Waals surface area contributed by atoms with Gasteiger partial charge in [0.05, 0.1) is 20.3 Å². The van der Waals surface area contributed by atoms with E-state index < -0.39 is 0 Å². The molecule has 5 heteroatoms. The highest BCUT2D eigenvalue weighted by atomic mass is 16.5. The molecule has 0 fully saturated rings. The van der Waals surface area contributed by atoms with Gasteiger partial charge in [0, 0.05) is 23.0 Å². The Hall–Kier alpha value is -2.11. The van der Waals surface area contributed by atoms with E-state index in [2.05, 4.69) is 10.4 Å². The summed E-state index contributed by atoms with van der Waals surface area (Å²) < 4.78 is 10.7. The van der Waals surface area contributed by atoms with Crippen molar-refractivity contribution in [1.82, 2.24) is 10.4 Å². The zero-order chi connectivity index (χ0) is 15.4. The zero-order valence-electron chi connectivity index (χ0n) is 12.8. The van der Waals surface area contributed by atoms with Crippen LogP contribution in [0.4, 0.5) is 0 Å². The predicted octanol–water partition coefficient (Wildman–Crippen LogP) is 2.27. The molecule has 0 radical (unpaired) electrons. The number of hydrogen-bond donors (Lipinski definition) is 2. The van der Waals surface area contributed by atoms with Gasteiger partial charge in [-0.2, -0.15) is 0 Å². The molecule has 0 aliphatic carbocycles. The van der Waals surface area contributed by atoms with Crippen molar-refractivity contribution in [1.29, 1.82) is 0 Å². The molecule has 1 atom stereocenters. The van der Waals surface area contributed by atoms with Gasteiger partial charge in [-0.3, -0.25) is 10.8 Å². The number of nitrogens with two attached hydrogens (primary N) is 1. The topological polar surface area (TPSA) is 69.4 Å². The van der Waals surface area contributed by atoms with E-state index in [9.17, 15) is 0 Å². The van der Waals surface area contributed by atoms with Crippen molar-refractivity contribution in [3.05, 3.63) is 52.8 Å². The lowest BCUT2D eigenvalue weighted by Gasteiger charge is -2.20. The molecule has 0 aliphatic heterocycles. The van der Waals surface area contributed by atoms with Crippen molar-refractivity contribution in [3.63, 3.8) is 0 Å². The second kappa shape index (κ2) is 6.56. The summed E-state index contributed by atoms with van der Waals surface area (Å²) in [5, 5.41) is 0. The fraction of sp³-hybridized carbons (Fsp3) is 0.312. The van der Waals surface area contributed by atoms with Crippen LogP contribution >= 0.6 is 0 Å². The minimum atomic E-state index is -0.175. The van der Waals surface area contributed by atoms with E-state index in [0.717, 1.165) is 34.0 Å². The van der Waals surface area contributed by atoms with Crippen LogP contribution in [0.25, 0.3) is 0 Å². The summed E-state index contributed by atoms with van der Waals surface area (Å²) in [5.41, 5.74) is 6.76. The number of hydrogen-bond acceptors (Lipinski definition) is 5. The van der Waals surface area contributed by atoms with Crippen LogP contribution in [-0.2, 0) is 0 Å². The third-order valence-corrected chi connectivity index (χ3v) is 3.36. The van der Waals surface area contributed by atoms with Gasteiger partial charge in [0.1, 0.15) is 11.5 Å². The molecule has 0 amide bonds. The molecule has 1 aromatic carbocycles. The normalized spacial score (nSPS) is 12.0. The average Bonchev–Trinajstić information content (AvgIpc) is 2.47. The number of pyridine rings is 1. The van der Waals surface area contributed by atoms with E-state index in [0.29, 0.717) is 0 Å². The monoisotopic (exact) mass is 287 g/mol. The maximum absolute atomic E-state index is 5.77. The summed E-state index contributed by atoms with van der Waals surface area (Å²) >= 11 is 0. The van der Waals surface area contributed by atoms with Crippen LogP contribution in [0.15, 0.2) is 30.3 Å². The Labute approximate surface area is 125 Å². The van der Waals surface area contributed by atoms with Crippen LogP contribution in [-0.4, -0.2) is 19.2 Å². The largest absolute Gasteiger partial charge is 0.497 e. The van der Waals surface area contributed by atoms with Crippen molar-refractivity contribution in [3.8, 4) is 11.5 Å². The SMILES string of the molecule is COc1ccc(C(NN)c2cc(C)nc(C)c2)c(OC)c1. The Morgan fingerprint density at radius 2 is 1.71 bits per heavy atom. The van der Waals surface area contributed by atoms with Crippen molar-refractivity contribution in [2.45, 2.75) is 19.9 Å². The van der Waals surface area contributed by atoms with E-state index in [1.807, 2.05) is 44.2 Å². The first-order valence-corrected chi connectivity index (χ1v) is 6.72. The minimum Gasteiger partial charge on any atom is -0.497 e. The fourth-order valence-electron chi connectivity index (χ4n) is 2.46. The molecular formula is C16H21N3O2. The molecule has 0 bridgehead atoms. The molecule has 21 heavy (non-hydrogen) atoms. The van der Waals surface area contributed by atoms with Gasteiger partial charge in [-0.15, -0.1) is 0 Å². The number of hydrazine groups is 1. The Morgan fingerprint density at radius 1 is 1.05 bits per heavy atom. The maximum atomic E-state index is 5.77. The molecule has 112 valence electrons. The molecule has 1 unspecified atom stereocenters. The Kier molecular flexibility index (Phi) is 4.77. The summed E-state index contributed by atoms with van der Waals surface area (Å²) in [6.45, 7) is 3.94. The van der Waals surface area contributed by atoms with E-state index in [4.69, 9.17) is 15.3 Å². The number of ether oxygens (including phenoxy) is 2. The van der Waals surface area contributed by atoms with Crippen molar-refractivity contribution >= 4 is 0 Å². The molecule has 0 spiro atoms. The van der Waals surface area contributed by atoms with Crippen LogP contribution < -0.4 is 20.7 Å². The summed E-state index contributed by atoms with van der Waals surface area (Å²) in [6, 6.07) is 9.55. The molecule has 1 aromatic heterocycles. The van der Waals surface area contributed by atoms with Gasteiger partial charge in [-0.05, 0) is 43.7 Å². The maximum Gasteiger partial charge on any atom is 0.127 e. The summed E-state index contributed by atoms with van der Waals surface area (Å²) in [4.78, 5) is 4.39. The van der Waals surface area contributed by atoms with E-state index in [1.165, 1.54) is 0 Å². The molecule has 5 nitrogen and oxygen atoms in total. The number of methoxy groups -OCH3 is 2. The smallest absolute Gasteiger partial charge is 0.127 e. The molecule has 1 heterocycles. The minimum absolute atomic E-state index is 0.175. The molecule has 2 rings (SSSR count). The van der Waals surface area contributed by atoms with Crippen LogP contribution in [0.5, 0.6) is 11.5 Å². The quantitative estimate of drug-likeness (QED) is 0.652. The predicted molar refractivity (Wildman–Crippen MR) is 82.4 cm³/mol. The first kappa shape index (κ1) is 15.3. The molecule has 3 N–H and O–H groups in total. The van der Waals surface area contributed by atoms with E-state index in [1.54, 1.807) is 14.2 Å². The molecule has 0 saturated heterocycles. The average molecular weight is 287 g/mol. The highest BCUT2D eigenvalue weighted by Gasteiger charge is 2.18. The molecule has 0 saturated carbocycles. The van der Waals surface area contributed by atoms with Crippen LogP contribution in [0.1, 0.15) is 28.6 Å². The van der Waals surface area contributed by atoms with Crippen LogP contribution in [0.3, 0.4) is 0 Å². The van der Waals surface area contributed by atoms with E-state index >= 15 is 0 Å². The summed E-state index contributed by atoms with van der Waals surface area (Å²) in [7, 11) is 3.26. The first-order chi connectivity index (χ1) is 10.1. The number of nitrogens with one attached hydrogen (secondary N) is 1. The molecule has 2 aromatic rings. The van der Waals surface area contributed by atoms with Gasteiger partial charge in [0.15, 0.2) is 0 Å². The fourth-order valence-corrected chi connectivity index (χ4v) is 2.46. The van der Waals surface area contributed by atoms with Crippen LogP contribution in [0.2, 0.25) is 0 Å². The molecular weight excluding hydrogens is 266 g/mol. The van der Waals surface area contributed by atoms with Gasteiger partial charge in [-0.25, -0.2) is 5.43 Å². The number of benzene rings is 1. The van der Waals surface area contributed by atoms with Gasteiger partial charge >= 0.3 is 0 Å². The van der Waals surface area contributed by atoms with Gasteiger partial charge in [-0.1, -0.05) is 0 Å². The lowest BCUT2D eigenvalue weighted by atomic mass is 9.97. The van der Waals surface area contributed by atoms with E-state index in [-0.39, 0.29) is 6.04 Å². The Balaban J connectivity index is 2.50. The summed E-state index contributed by atoms with van der Waals surface area (Å²) in [5.74, 6) is 7.24. The number of nitrogens with zero attached hydrogens (tertiary/aromatic N) is 1. The van der Waals surface area contributed by atoms with Gasteiger partial charge < -0.3 is 9.47 Å². The number of aromatic nitrogens is 1. The third-order valence-electron chi connectivity index (χ3n) is 3.36. The zero-order valence-corrected chi connectivity index (χ0v) is 12.8. The van der Waals surface area contributed by atoms with Crippen molar-refractivity contribution in [2.24, 2.45) is 5.84 Å². The standard InChI is InChI=1S/C16H21N3O2/c1-10-7-12(8-11(2)18-10)16(19-17)14-6-5-13(20-3)9-15(14)21-4/h5-9,16,19H,17H2,1-4H3. The summed E-state index contributed by atoms with van der Waals surface area (Å²) in [6.07, 6.45) is 0. The van der Waals surface area contributed by atoms with Gasteiger partial charge in [0.2, 0.25) is 0 Å². The van der Waals surface area contributed by atoms with Crippen LogP contribution in [0, 0.1) is 13.8 Å². The first-order valence-electron chi connectivity index (χ1n) is 6.72. The Bertz CT molecular complexity index is 609. The molecule has 0 aliphatic rings. The number of aryl methyl sites for hydroxylation is 2. The Morgan fingerprint density at radius 3 is 2.24 bits per heavy atom. The lowest BCUT2D eigenvalue weighted by molar-refractivity contribution is 0.387. The van der Waals surface area contributed by atoms with Crippen molar-refractivity contribution in [2.75, 3.05) is 14.2 Å². The highest BCUT2D eigenvalue weighted by Crippen LogP contribution is 2.32. The second-order valence-electron chi connectivity index (χ2n) is 4.89. The number of rotatable bonds is 5.